The summed E-state index contributed by atoms with van der Waals surface area (Å²) in [6, 6.07) is 3.80. The van der Waals surface area contributed by atoms with Crippen LogP contribution in [0.3, 0.4) is 0 Å². The van der Waals surface area contributed by atoms with Gasteiger partial charge in [0, 0.05) is 18.5 Å². The Balaban J connectivity index is 1.88. The number of aryl methyl sites for hydroxylation is 1. The number of carboxylic acid groups (broad SMARTS) is 1. The number of rotatable bonds is 7. The molecule has 6 heteroatoms. The Morgan fingerprint density at radius 1 is 1.53 bits per heavy atom. The van der Waals surface area contributed by atoms with Gasteiger partial charge in [-0.05, 0) is 32.0 Å². The van der Waals surface area contributed by atoms with Crippen molar-refractivity contribution in [2.75, 3.05) is 6.54 Å². The second-order valence-corrected chi connectivity index (χ2v) is 4.35. The van der Waals surface area contributed by atoms with E-state index in [4.69, 9.17) is 9.52 Å². The molecule has 0 aliphatic heterocycles. The van der Waals surface area contributed by atoms with Gasteiger partial charge in [0.25, 0.3) is 0 Å². The molecule has 0 amide bonds. The third-order valence-corrected chi connectivity index (χ3v) is 2.76. The summed E-state index contributed by atoms with van der Waals surface area (Å²) in [5, 5.41) is 18.7. The van der Waals surface area contributed by atoms with Crippen LogP contribution < -0.4 is 5.32 Å². The van der Waals surface area contributed by atoms with Gasteiger partial charge in [-0.1, -0.05) is 0 Å². The number of aromatic nitrogens is 2. The second kappa shape index (κ2) is 6.19. The van der Waals surface area contributed by atoms with Crippen molar-refractivity contribution in [3.63, 3.8) is 0 Å². The summed E-state index contributed by atoms with van der Waals surface area (Å²) >= 11 is 0. The van der Waals surface area contributed by atoms with Crippen molar-refractivity contribution in [1.29, 1.82) is 0 Å². The predicted octanol–water partition coefficient (Wildman–Crippen LogP) is 1.93. The third-order valence-electron chi connectivity index (χ3n) is 2.76. The minimum Gasteiger partial charge on any atom is -0.481 e. The minimum atomic E-state index is -0.767. The van der Waals surface area contributed by atoms with Gasteiger partial charge in [0.2, 0.25) is 0 Å². The lowest BCUT2D eigenvalue weighted by molar-refractivity contribution is -0.137. The van der Waals surface area contributed by atoms with Gasteiger partial charge < -0.3 is 14.8 Å². The number of aromatic amines is 1. The van der Waals surface area contributed by atoms with Crippen LogP contribution in [0.15, 0.2) is 22.7 Å². The van der Waals surface area contributed by atoms with Crippen molar-refractivity contribution in [2.45, 2.75) is 26.3 Å². The molecule has 2 heterocycles. The second-order valence-electron chi connectivity index (χ2n) is 4.35. The lowest BCUT2D eigenvalue weighted by atomic mass is 10.2. The largest absolute Gasteiger partial charge is 0.481 e. The molecule has 0 spiro atoms. The van der Waals surface area contributed by atoms with Crippen LogP contribution in [0.25, 0.3) is 11.5 Å². The predicted molar refractivity (Wildman–Crippen MR) is 69.6 cm³/mol. The molecule has 0 atom stereocenters. The number of hydrogen-bond donors (Lipinski definition) is 3. The van der Waals surface area contributed by atoms with E-state index in [0.29, 0.717) is 19.5 Å². The summed E-state index contributed by atoms with van der Waals surface area (Å²) in [4.78, 5) is 10.4. The molecule has 0 saturated heterocycles. The van der Waals surface area contributed by atoms with Crippen molar-refractivity contribution in [2.24, 2.45) is 0 Å². The van der Waals surface area contributed by atoms with E-state index in [1.54, 1.807) is 6.20 Å². The van der Waals surface area contributed by atoms with Crippen molar-refractivity contribution >= 4 is 5.97 Å². The van der Waals surface area contributed by atoms with E-state index in [-0.39, 0.29) is 6.42 Å². The SMILES string of the molecule is Cc1ccc(-c2[nH]ncc2CNCCCC(=O)O)o1. The van der Waals surface area contributed by atoms with Crippen molar-refractivity contribution in [3.8, 4) is 11.5 Å². The van der Waals surface area contributed by atoms with Gasteiger partial charge in [0.15, 0.2) is 5.76 Å². The summed E-state index contributed by atoms with van der Waals surface area (Å²) < 4.78 is 5.55. The van der Waals surface area contributed by atoms with Gasteiger partial charge in [0.1, 0.15) is 11.5 Å². The molecule has 102 valence electrons. The van der Waals surface area contributed by atoms with Crippen molar-refractivity contribution in [3.05, 3.63) is 29.7 Å². The molecular weight excluding hydrogens is 246 g/mol. The summed E-state index contributed by atoms with van der Waals surface area (Å²) in [6.45, 7) is 3.18. The summed E-state index contributed by atoms with van der Waals surface area (Å²) in [5.41, 5.74) is 1.86. The molecule has 0 saturated carbocycles. The molecule has 19 heavy (non-hydrogen) atoms. The van der Waals surface area contributed by atoms with Gasteiger partial charge in [-0.2, -0.15) is 5.10 Å². The Kier molecular flexibility index (Phi) is 4.35. The zero-order valence-electron chi connectivity index (χ0n) is 10.8. The molecule has 0 bridgehead atoms. The molecule has 0 unspecified atom stereocenters. The van der Waals surface area contributed by atoms with Crippen LogP contribution in [0.2, 0.25) is 0 Å². The molecule has 2 rings (SSSR count). The van der Waals surface area contributed by atoms with E-state index in [1.165, 1.54) is 0 Å². The van der Waals surface area contributed by atoms with Gasteiger partial charge in [-0.15, -0.1) is 0 Å². The topological polar surface area (TPSA) is 91.2 Å². The summed E-state index contributed by atoms with van der Waals surface area (Å²) in [5.74, 6) is 0.846. The van der Waals surface area contributed by atoms with Crippen LogP contribution in [0.4, 0.5) is 0 Å². The number of carbonyl (C=O) groups is 1. The van der Waals surface area contributed by atoms with E-state index >= 15 is 0 Å². The van der Waals surface area contributed by atoms with Crippen molar-refractivity contribution in [1.82, 2.24) is 15.5 Å². The molecular formula is C13H17N3O3. The number of aliphatic carboxylic acids is 1. The summed E-state index contributed by atoms with van der Waals surface area (Å²) in [6.07, 6.45) is 2.54. The van der Waals surface area contributed by atoms with Gasteiger partial charge in [-0.3, -0.25) is 9.89 Å². The normalized spacial score (nSPS) is 10.8. The molecule has 3 N–H and O–H groups in total. The number of H-pyrrole nitrogens is 1. The lowest BCUT2D eigenvalue weighted by Crippen LogP contribution is -2.15. The average Bonchev–Trinajstić information content (AvgIpc) is 2.96. The van der Waals surface area contributed by atoms with Crippen LogP contribution in [0.1, 0.15) is 24.2 Å². The number of nitrogens with zero attached hydrogens (tertiary/aromatic N) is 1. The smallest absolute Gasteiger partial charge is 0.303 e. The lowest BCUT2D eigenvalue weighted by Gasteiger charge is -2.03. The molecule has 2 aromatic heterocycles. The number of carboxylic acids is 1. The monoisotopic (exact) mass is 263 g/mol. The number of furan rings is 1. The zero-order chi connectivity index (χ0) is 13.7. The maximum absolute atomic E-state index is 10.4. The first kappa shape index (κ1) is 13.4. The molecule has 0 aliphatic carbocycles. The van der Waals surface area contributed by atoms with Crippen LogP contribution in [-0.2, 0) is 11.3 Å². The van der Waals surface area contributed by atoms with E-state index in [1.807, 2.05) is 19.1 Å². The van der Waals surface area contributed by atoms with Gasteiger partial charge in [-0.25, -0.2) is 0 Å². The van der Waals surface area contributed by atoms with Crippen LogP contribution in [-0.4, -0.2) is 27.8 Å². The van der Waals surface area contributed by atoms with E-state index in [0.717, 1.165) is 22.8 Å². The highest BCUT2D eigenvalue weighted by Crippen LogP contribution is 2.23. The van der Waals surface area contributed by atoms with E-state index in [9.17, 15) is 4.79 Å². The maximum Gasteiger partial charge on any atom is 0.303 e. The fourth-order valence-corrected chi connectivity index (χ4v) is 1.82. The van der Waals surface area contributed by atoms with Crippen LogP contribution in [0.5, 0.6) is 0 Å². The fourth-order valence-electron chi connectivity index (χ4n) is 1.82. The van der Waals surface area contributed by atoms with Crippen LogP contribution in [0, 0.1) is 6.92 Å². The minimum absolute atomic E-state index is 0.183. The van der Waals surface area contributed by atoms with Gasteiger partial charge >= 0.3 is 5.97 Å². The molecule has 0 aliphatic rings. The standard InChI is InChI=1S/C13H17N3O3/c1-9-4-5-11(19-9)13-10(8-15-16-13)7-14-6-2-3-12(17)18/h4-5,8,14H,2-3,6-7H2,1H3,(H,15,16)(H,17,18). The first-order valence-electron chi connectivity index (χ1n) is 6.18. The van der Waals surface area contributed by atoms with Gasteiger partial charge in [0.05, 0.1) is 6.20 Å². The quantitative estimate of drug-likeness (QED) is 0.664. The van der Waals surface area contributed by atoms with Crippen LogP contribution >= 0.6 is 0 Å². The average molecular weight is 263 g/mol. The molecule has 6 nitrogen and oxygen atoms in total. The van der Waals surface area contributed by atoms with E-state index < -0.39 is 5.97 Å². The van der Waals surface area contributed by atoms with E-state index in [2.05, 4.69) is 15.5 Å². The Morgan fingerprint density at radius 3 is 3.05 bits per heavy atom. The maximum atomic E-state index is 10.4. The Morgan fingerprint density at radius 2 is 2.37 bits per heavy atom. The summed E-state index contributed by atoms with van der Waals surface area (Å²) in [7, 11) is 0. The highest BCUT2D eigenvalue weighted by atomic mass is 16.4. The Bertz CT molecular complexity index is 545. The highest BCUT2D eigenvalue weighted by Gasteiger charge is 2.10. The first-order valence-corrected chi connectivity index (χ1v) is 6.18. The molecule has 0 radical (unpaired) electrons. The Labute approximate surface area is 110 Å². The molecule has 0 aromatic carbocycles. The first-order chi connectivity index (χ1) is 9.16. The molecule has 0 fully saturated rings. The number of hydrogen-bond acceptors (Lipinski definition) is 4. The third kappa shape index (κ3) is 3.69. The molecule has 2 aromatic rings. The zero-order valence-corrected chi connectivity index (χ0v) is 10.8. The van der Waals surface area contributed by atoms with Crippen molar-refractivity contribution < 1.29 is 14.3 Å². The highest BCUT2D eigenvalue weighted by molar-refractivity contribution is 5.66. The number of nitrogens with one attached hydrogen (secondary N) is 2. The Hall–Kier alpha value is -2.08. The fraction of sp³-hybridized carbons (Fsp3) is 0.385.